The molecule has 1 amide bonds. The van der Waals surface area contributed by atoms with Gasteiger partial charge in [-0.05, 0) is 43.3 Å². The topological polar surface area (TPSA) is 87.7 Å². The van der Waals surface area contributed by atoms with Crippen molar-refractivity contribution >= 4 is 23.4 Å². The molecule has 0 saturated heterocycles. The van der Waals surface area contributed by atoms with Gasteiger partial charge in [0.25, 0.3) is 11.5 Å². The van der Waals surface area contributed by atoms with Gasteiger partial charge in [0.15, 0.2) is 0 Å². The molecule has 6 nitrogen and oxygen atoms in total. The Morgan fingerprint density at radius 3 is 2.67 bits per heavy atom. The van der Waals surface area contributed by atoms with Crippen molar-refractivity contribution in [3.8, 4) is 0 Å². The number of pyridine rings is 3. The van der Waals surface area contributed by atoms with Crippen LogP contribution in [0.1, 0.15) is 16.1 Å². The van der Waals surface area contributed by atoms with E-state index < -0.39 is 11.5 Å². The van der Waals surface area contributed by atoms with Gasteiger partial charge in [-0.3, -0.25) is 9.59 Å². The van der Waals surface area contributed by atoms with Crippen molar-refractivity contribution in [3.63, 3.8) is 0 Å². The van der Waals surface area contributed by atoms with Gasteiger partial charge in [0, 0.05) is 23.8 Å². The van der Waals surface area contributed by atoms with Crippen LogP contribution >= 0.6 is 11.8 Å². The predicted octanol–water partition coefficient (Wildman–Crippen LogP) is 2.88. The summed E-state index contributed by atoms with van der Waals surface area (Å²) in [5, 5.41) is 4.22. The first-order valence-corrected chi connectivity index (χ1v) is 8.00. The highest BCUT2D eigenvalue weighted by molar-refractivity contribution is 7.99. The zero-order valence-corrected chi connectivity index (χ0v) is 13.6. The molecule has 24 heavy (non-hydrogen) atoms. The first-order chi connectivity index (χ1) is 11.6. The van der Waals surface area contributed by atoms with E-state index in [1.807, 2.05) is 18.2 Å². The lowest BCUT2D eigenvalue weighted by atomic mass is 10.2. The number of amides is 1. The van der Waals surface area contributed by atoms with Gasteiger partial charge in [0.2, 0.25) is 0 Å². The van der Waals surface area contributed by atoms with Gasteiger partial charge in [-0.15, -0.1) is 0 Å². The predicted molar refractivity (Wildman–Crippen MR) is 92.3 cm³/mol. The number of nitrogens with zero attached hydrogens (tertiary/aromatic N) is 2. The van der Waals surface area contributed by atoms with E-state index in [1.165, 1.54) is 17.8 Å². The minimum Gasteiger partial charge on any atom is -0.326 e. The van der Waals surface area contributed by atoms with Crippen LogP contribution in [-0.4, -0.2) is 20.9 Å². The zero-order chi connectivity index (χ0) is 16.9. The van der Waals surface area contributed by atoms with Crippen molar-refractivity contribution < 1.29 is 4.79 Å². The Balaban J connectivity index is 1.77. The third kappa shape index (κ3) is 3.88. The van der Waals surface area contributed by atoms with Crippen molar-refractivity contribution in [1.82, 2.24) is 15.0 Å². The molecule has 3 aromatic heterocycles. The average molecular weight is 338 g/mol. The highest BCUT2D eigenvalue weighted by atomic mass is 32.2. The van der Waals surface area contributed by atoms with Gasteiger partial charge >= 0.3 is 0 Å². The number of carbonyl (C=O) groups is 1. The fourth-order valence-electron chi connectivity index (χ4n) is 2.01. The quantitative estimate of drug-likeness (QED) is 0.764. The first kappa shape index (κ1) is 15.9. The Morgan fingerprint density at radius 1 is 1.08 bits per heavy atom. The molecule has 0 bridgehead atoms. The van der Waals surface area contributed by atoms with Gasteiger partial charge in [-0.1, -0.05) is 17.8 Å². The fraction of sp³-hybridized carbons (Fsp3) is 0.0588. The summed E-state index contributed by atoms with van der Waals surface area (Å²) in [5.74, 6) is -0.462. The molecular formula is C17H14N4O2S. The van der Waals surface area contributed by atoms with Crippen LogP contribution in [0.5, 0.6) is 0 Å². The van der Waals surface area contributed by atoms with E-state index in [-0.39, 0.29) is 5.56 Å². The Morgan fingerprint density at radius 2 is 1.92 bits per heavy atom. The number of anilines is 1. The summed E-state index contributed by atoms with van der Waals surface area (Å²) in [6, 6.07) is 12.2. The largest absolute Gasteiger partial charge is 0.326 e. The molecule has 3 rings (SSSR count). The highest BCUT2D eigenvalue weighted by Gasteiger charge is 2.11. The number of rotatable bonds is 4. The number of aromatic nitrogens is 3. The smallest absolute Gasteiger partial charge is 0.261 e. The molecule has 3 aromatic rings. The molecule has 0 radical (unpaired) electrons. The second kappa shape index (κ2) is 7.10. The molecular weight excluding hydrogens is 324 g/mol. The second-order valence-electron chi connectivity index (χ2n) is 4.99. The third-order valence-corrected chi connectivity index (χ3v) is 4.02. The summed E-state index contributed by atoms with van der Waals surface area (Å²) in [4.78, 5) is 35.2. The molecule has 7 heteroatoms. The summed E-state index contributed by atoms with van der Waals surface area (Å²) >= 11 is 1.39. The third-order valence-electron chi connectivity index (χ3n) is 3.14. The Hall–Kier alpha value is -2.93. The first-order valence-electron chi connectivity index (χ1n) is 7.18. The standard InChI is InChI=1S/C17H14N4O2S/c1-11-5-6-13(16(22)20-11)17(23)21-12-7-9-19-15(10-12)24-14-4-2-3-8-18-14/h2-10H,1H3,(H,20,22)(H,19,21,23). The van der Waals surface area contributed by atoms with Crippen molar-refractivity contribution in [2.75, 3.05) is 5.32 Å². The van der Waals surface area contributed by atoms with Crippen LogP contribution in [0.4, 0.5) is 5.69 Å². The minimum absolute atomic E-state index is 0.0661. The highest BCUT2D eigenvalue weighted by Crippen LogP contribution is 2.25. The lowest BCUT2D eigenvalue weighted by molar-refractivity contribution is 0.102. The number of carbonyl (C=O) groups excluding carboxylic acids is 1. The monoisotopic (exact) mass is 338 g/mol. The molecule has 0 aromatic carbocycles. The van der Waals surface area contributed by atoms with Crippen LogP contribution in [0, 0.1) is 6.92 Å². The average Bonchev–Trinajstić information content (AvgIpc) is 2.56. The van der Waals surface area contributed by atoms with E-state index >= 15 is 0 Å². The lowest BCUT2D eigenvalue weighted by Crippen LogP contribution is -2.23. The van der Waals surface area contributed by atoms with Crippen molar-refractivity contribution in [3.05, 3.63) is 76.5 Å². The maximum atomic E-state index is 12.2. The zero-order valence-electron chi connectivity index (χ0n) is 12.8. The normalized spacial score (nSPS) is 10.4. The SMILES string of the molecule is Cc1ccc(C(=O)Nc2ccnc(Sc3ccccn3)c2)c(=O)[nH]1. The Bertz CT molecular complexity index is 925. The molecule has 0 aliphatic carbocycles. The van der Waals surface area contributed by atoms with Gasteiger partial charge in [-0.2, -0.15) is 0 Å². The molecule has 0 saturated carbocycles. The van der Waals surface area contributed by atoms with Gasteiger partial charge < -0.3 is 10.3 Å². The number of hydrogen-bond acceptors (Lipinski definition) is 5. The Kier molecular flexibility index (Phi) is 4.72. The number of hydrogen-bond donors (Lipinski definition) is 2. The van der Waals surface area contributed by atoms with Crippen LogP contribution < -0.4 is 10.9 Å². The Labute approximate surface area is 142 Å². The van der Waals surface area contributed by atoms with E-state index in [4.69, 9.17) is 0 Å². The number of nitrogens with one attached hydrogen (secondary N) is 2. The van der Waals surface area contributed by atoms with Crippen LogP contribution in [0.15, 0.2) is 69.7 Å². The summed E-state index contributed by atoms with van der Waals surface area (Å²) in [5.41, 5.74) is 0.920. The van der Waals surface area contributed by atoms with Crippen molar-refractivity contribution in [1.29, 1.82) is 0 Å². The molecule has 0 unspecified atom stereocenters. The fourth-order valence-corrected chi connectivity index (χ4v) is 2.78. The molecule has 120 valence electrons. The summed E-state index contributed by atoms with van der Waals surface area (Å²) in [7, 11) is 0. The van der Waals surface area contributed by atoms with Crippen LogP contribution in [0.3, 0.4) is 0 Å². The van der Waals surface area contributed by atoms with Gasteiger partial charge in [0.1, 0.15) is 15.6 Å². The lowest BCUT2D eigenvalue weighted by Gasteiger charge is -2.06. The van der Waals surface area contributed by atoms with Gasteiger partial charge in [0.05, 0.1) is 0 Å². The van der Waals surface area contributed by atoms with Crippen LogP contribution in [-0.2, 0) is 0 Å². The second-order valence-corrected chi connectivity index (χ2v) is 6.03. The molecule has 0 fully saturated rings. The summed E-state index contributed by atoms with van der Waals surface area (Å²) in [6.07, 6.45) is 3.30. The van der Waals surface area contributed by atoms with Crippen LogP contribution in [0.2, 0.25) is 0 Å². The molecule has 0 aliphatic heterocycles. The van der Waals surface area contributed by atoms with Crippen LogP contribution in [0.25, 0.3) is 0 Å². The van der Waals surface area contributed by atoms with E-state index in [0.717, 1.165) is 5.03 Å². The molecule has 3 heterocycles. The maximum Gasteiger partial charge on any atom is 0.261 e. The van der Waals surface area contributed by atoms with Crippen molar-refractivity contribution in [2.45, 2.75) is 17.0 Å². The van der Waals surface area contributed by atoms with Crippen molar-refractivity contribution in [2.24, 2.45) is 0 Å². The van der Waals surface area contributed by atoms with E-state index in [0.29, 0.717) is 16.4 Å². The molecule has 0 spiro atoms. The summed E-state index contributed by atoms with van der Waals surface area (Å²) in [6.45, 7) is 1.76. The van der Waals surface area contributed by atoms with E-state index in [2.05, 4.69) is 20.3 Å². The number of H-pyrrole nitrogens is 1. The van der Waals surface area contributed by atoms with E-state index in [1.54, 1.807) is 37.5 Å². The minimum atomic E-state index is -0.462. The molecule has 2 N–H and O–H groups in total. The molecule has 0 aliphatic rings. The molecule has 0 atom stereocenters. The van der Waals surface area contributed by atoms with Gasteiger partial charge in [-0.25, -0.2) is 9.97 Å². The number of aryl methyl sites for hydroxylation is 1. The maximum absolute atomic E-state index is 12.2. The summed E-state index contributed by atoms with van der Waals surface area (Å²) < 4.78 is 0. The van der Waals surface area contributed by atoms with E-state index in [9.17, 15) is 9.59 Å². The number of aromatic amines is 1.